The Hall–Kier alpha value is -1.09. The molecule has 0 N–H and O–H groups in total. The van der Waals surface area contributed by atoms with Crippen molar-refractivity contribution >= 4 is 17.5 Å². The van der Waals surface area contributed by atoms with Crippen LogP contribution < -0.4 is 0 Å². The monoisotopic (exact) mass is 255 g/mol. The van der Waals surface area contributed by atoms with Crippen LogP contribution in [0.3, 0.4) is 0 Å². The van der Waals surface area contributed by atoms with Crippen molar-refractivity contribution in [3.63, 3.8) is 0 Å². The zero-order valence-corrected chi connectivity index (χ0v) is 10.3. The van der Waals surface area contributed by atoms with Crippen LogP contribution in [-0.2, 0) is 0 Å². The Balaban J connectivity index is 2.05. The summed E-state index contributed by atoms with van der Waals surface area (Å²) in [4.78, 5) is 13.8. The van der Waals surface area contributed by atoms with Crippen LogP contribution in [0.4, 0.5) is 4.39 Å². The Bertz CT molecular complexity index is 410. The van der Waals surface area contributed by atoms with Crippen LogP contribution in [0.5, 0.6) is 0 Å². The van der Waals surface area contributed by atoms with Crippen LogP contribution in [-0.4, -0.2) is 29.8 Å². The van der Waals surface area contributed by atoms with Crippen molar-refractivity contribution < 1.29 is 9.18 Å². The zero-order chi connectivity index (χ0) is 12.3. The minimum absolute atomic E-state index is 0.166. The lowest BCUT2D eigenvalue weighted by Gasteiger charge is -2.16. The average molecular weight is 256 g/mol. The maximum atomic E-state index is 13.5. The summed E-state index contributed by atoms with van der Waals surface area (Å²) in [5.74, 6) is 0.425. The van der Waals surface area contributed by atoms with Crippen LogP contribution in [0, 0.1) is 11.7 Å². The molecule has 0 aromatic heterocycles. The molecule has 4 heteroatoms. The van der Waals surface area contributed by atoms with E-state index in [0.717, 1.165) is 12.8 Å². The minimum Gasteiger partial charge on any atom is -0.338 e. The van der Waals surface area contributed by atoms with Gasteiger partial charge in [-0.25, -0.2) is 4.39 Å². The maximum absolute atomic E-state index is 13.5. The molecule has 1 heterocycles. The number of rotatable bonds is 3. The van der Waals surface area contributed by atoms with E-state index in [0.29, 0.717) is 24.9 Å². The van der Waals surface area contributed by atoms with Gasteiger partial charge in [0.05, 0.1) is 5.56 Å². The number of amides is 1. The number of alkyl halides is 1. The molecule has 1 aliphatic heterocycles. The van der Waals surface area contributed by atoms with E-state index in [1.54, 1.807) is 17.0 Å². The van der Waals surface area contributed by atoms with Gasteiger partial charge in [-0.15, -0.1) is 11.6 Å². The molecule has 1 amide bonds. The van der Waals surface area contributed by atoms with E-state index in [1.165, 1.54) is 12.1 Å². The van der Waals surface area contributed by atoms with Crippen molar-refractivity contribution in [3.05, 3.63) is 35.6 Å². The highest BCUT2D eigenvalue weighted by molar-refractivity contribution is 6.17. The van der Waals surface area contributed by atoms with Crippen molar-refractivity contribution in [2.45, 2.75) is 12.8 Å². The largest absolute Gasteiger partial charge is 0.338 e. The molecule has 1 saturated heterocycles. The Kier molecular flexibility index (Phi) is 4.00. The zero-order valence-electron chi connectivity index (χ0n) is 9.53. The summed E-state index contributed by atoms with van der Waals surface area (Å²) in [5.41, 5.74) is 0.166. The molecule has 0 saturated carbocycles. The maximum Gasteiger partial charge on any atom is 0.256 e. The molecule has 92 valence electrons. The molecule has 2 rings (SSSR count). The predicted molar refractivity (Wildman–Crippen MR) is 65.7 cm³/mol. The van der Waals surface area contributed by atoms with Crippen molar-refractivity contribution in [1.82, 2.24) is 4.90 Å². The van der Waals surface area contributed by atoms with Gasteiger partial charge in [0.15, 0.2) is 0 Å². The molecular weight excluding hydrogens is 241 g/mol. The number of benzene rings is 1. The highest BCUT2D eigenvalue weighted by Crippen LogP contribution is 2.22. The molecule has 1 fully saturated rings. The summed E-state index contributed by atoms with van der Waals surface area (Å²) in [5, 5.41) is 0. The SMILES string of the molecule is O=C(c1ccccc1F)N1CCC(CCCl)C1. The Morgan fingerprint density at radius 3 is 2.94 bits per heavy atom. The molecule has 1 aromatic carbocycles. The van der Waals surface area contributed by atoms with E-state index >= 15 is 0 Å². The van der Waals surface area contributed by atoms with Gasteiger partial charge in [-0.05, 0) is 30.9 Å². The van der Waals surface area contributed by atoms with Crippen LogP contribution in [0.2, 0.25) is 0 Å². The van der Waals surface area contributed by atoms with Gasteiger partial charge in [0, 0.05) is 19.0 Å². The molecule has 0 aliphatic carbocycles. The molecule has 0 spiro atoms. The van der Waals surface area contributed by atoms with Crippen molar-refractivity contribution in [2.75, 3.05) is 19.0 Å². The fourth-order valence-corrected chi connectivity index (χ4v) is 2.52. The van der Waals surface area contributed by atoms with Gasteiger partial charge in [0.25, 0.3) is 5.91 Å². The first-order valence-electron chi connectivity index (χ1n) is 5.82. The van der Waals surface area contributed by atoms with E-state index in [-0.39, 0.29) is 11.5 Å². The van der Waals surface area contributed by atoms with E-state index < -0.39 is 5.82 Å². The van der Waals surface area contributed by atoms with Gasteiger partial charge in [-0.1, -0.05) is 12.1 Å². The summed E-state index contributed by atoms with van der Waals surface area (Å²) in [7, 11) is 0. The highest BCUT2D eigenvalue weighted by atomic mass is 35.5. The summed E-state index contributed by atoms with van der Waals surface area (Å²) in [6.45, 7) is 1.40. The first-order valence-corrected chi connectivity index (χ1v) is 6.35. The summed E-state index contributed by atoms with van der Waals surface area (Å²) < 4.78 is 13.5. The van der Waals surface area contributed by atoms with Crippen LogP contribution in [0.15, 0.2) is 24.3 Å². The lowest BCUT2D eigenvalue weighted by atomic mass is 10.1. The Morgan fingerprint density at radius 2 is 2.24 bits per heavy atom. The van der Waals surface area contributed by atoms with Gasteiger partial charge in [0.2, 0.25) is 0 Å². The molecule has 17 heavy (non-hydrogen) atoms. The molecule has 0 bridgehead atoms. The summed E-state index contributed by atoms with van der Waals surface area (Å²) in [6.07, 6.45) is 1.88. The fourth-order valence-electron chi connectivity index (χ4n) is 2.21. The van der Waals surface area contributed by atoms with Crippen molar-refractivity contribution in [1.29, 1.82) is 0 Å². The van der Waals surface area contributed by atoms with E-state index in [1.807, 2.05) is 0 Å². The predicted octanol–water partition coefficient (Wildman–Crippen LogP) is 2.92. The second-order valence-corrected chi connectivity index (χ2v) is 4.74. The Morgan fingerprint density at radius 1 is 1.47 bits per heavy atom. The standard InChI is InChI=1S/C13H15ClFNO/c14-7-5-10-6-8-16(9-10)13(17)11-3-1-2-4-12(11)15/h1-4,10H,5-9H2. The normalized spacial score (nSPS) is 19.6. The molecule has 0 radical (unpaired) electrons. The smallest absolute Gasteiger partial charge is 0.256 e. The van der Waals surface area contributed by atoms with Gasteiger partial charge >= 0.3 is 0 Å². The first kappa shape index (κ1) is 12.4. The number of hydrogen-bond donors (Lipinski definition) is 0. The number of hydrogen-bond acceptors (Lipinski definition) is 1. The second kappa shape index (κ2) is 5.50. The topological polar surface area (TPSA) is 20.3 Å². The second-order valence-electron chi connectivity index (χ2n) is 4.36. The molecule has 1 aliphatic rings. The van der Waals surface area contributed by atoms with Crippen molar-refractivity contribution in [3.8, 4) is 0 Å². The molecule has 1 aromatic rings. The molecule has 1 unspecified atom stereocenters. The molecule has 1 atom stereocenters. The fraction of sp³-hybridized carbons (Fsp3) is 0.462. The van der Waals surface area contributed by atoms with Crippen LogP contribution >= 0.6 is 11.6 Å². The molecule has 2 nitrogen and oxygen atoms in total. The first-order chi connectivity index (χ1) is 8.22. The lowest BCUT2D eigenvalue weighted by Crippen LogP contribution is -2.29. The van der Waals surface area contributed by atoms with Crippen LogP contribution in [0.25, 0.3) is 0 Å². The van der Waals surface area contributed by atoms with E-state index in [2.05, 4.69) is 0 Å². The minimum atomic E-state index is -0.446. The van der Waals surface area contributed by atoms with Gasteiger partial charge in [0.1, 0.15) is 5.82 Å². The third-order valence-corrected chi connectivity index (χ3v) is 3.41. The third-order valence-electron chi connectivity index (χ3n) is 3.19. The summed E-state index contributed by atoms with van der Waals surface area (Å²) in [6, 6.07) is 6.13. The van der Waals surface area contributed by atoms with Crippen molar-refractivity contribution in [2.24, 2.45) is 5.92 Å². The van der Waals surface area contributed by atoms with Gasteiger partial charge in [-0.3, -0.25) is 4.79 Å². The Labute approximate surface area is 105 Å². The number of halogens is 2. The quantitative estimate of drug-likeness (QED) is 0.761. The van der Waals surface area contributed by atoms with E-state index in [9.17, 15) is 9.18 Å². The van der Waals surface area contributed by atoms with Gasteiger partial charge in [-0.2, -0.15) is 0 Å². The number of nitrogens with zero attached hydrogens (tertiary/aromatic N) is 1. The lowest BCUT2D eigenvalue weighted by molar-refractivity contribution is 0.0782. The van der Waals surface area contributed by atoms with Gasteiger partial charge < -0.3 is 4.90 Å². The third kappa shape index (κ3) is 2.78. The van der Waals surface area contributed by atoms with Crippen LogP contribution in [0.1, 0.15) is 23.2 Å². The number of carbonyl (C=O) groups is 1. The highest BCUT2D eigenvalue weighted by Gasteiger charge is 2.27. The molecular formula is C13H15ClFNO. The summed E-state index contributed by atoms with van der Waals surface area (Å²) >= 11 is 5.69. The van der Waals surface area contributed by atoms with E-state index in [4.69, 9.17) is 11.6 Å². The number of likely N-dealkylation sites (tertiary alicyclic amines) is 1. The number of carbonyl (C=O) groups excluding carboxylic acids is 1. The average Bonchev–Trinajstić information content (AvgIpc) is 2.78.